The van der Waals surface area contributed by atoms with Gasteiger partial charge in [-0.1, -0.05) is 12.1 Å². The van der Waals surface area contributed by atoms with Gasteiger partial charge in [-0.15, -0.1) is 0 Å². The molecule has 2 aromatic heterocycles. The van der Waals surface area contributed by atoms with Gasteiger partial charge >= 0.3 is 0 Å². The van der Waals surface area contributed by atoms with E-state index in [1.54, 1.807) is 6.33 Å². The van der Waals surface area contributed by atoms with E-state index in [1.807, 2.05) is 17.9 Å². The summed E-state index contributed by atoms with van der Waals surface area (Å²) in [7, 11) is 1.89. The summed E-state index contributed by atoms with van der Waals surface area (Å²) in [4.78, 5) is 16.3. The lowest BCUT2D eigenvalue weighted by molar-refractivity contribution is -0.0713. The van der Waals surface area contributed by atoms with Crippen LogP contribution in [0.1, 0.15) is 49.3 Å². The number of fused-ring (bicyclic) bond motifs is 1. The van der Waals surface area contributed by atoms with Crippen molar-refractivity contribution in [3.05, 3.63) is 48.0 Å². The van der Waals surface area contributed by atoms with Gasteiger partial charge in [0.05, 0.1) is 31.0 Å². The number of ether oxygens (including phenoxy) is 1. The molecular formula is C26H30N6O. The molecule has 4 heterocycles. The lowest BCUT2D eigenvalue weighted by Crippen LogP contribution is -2.51. The minimum absolute atomic E-state index is 0.112. The Labute approximate surface area is 193 Å². The second-order valence-electron chi connectivity index (χ2n) is 10.4. The minimum Gasteiger partial charge on any atom is -0.378 e. The van der Waals surface area contributed by atoms with Crippen LogP contribution in [0, 0.1) is 5.41 Å². The molecule has 7 heteroatoms. The molecule has 7 rings (SSSR count). The molecule has 2 saturated carbocycles. The number of hydrogen-bond acceptors (Lipinski definition) is 6. The van der Waals surface area contributed by atoms with Gasteiger partial charge in [-0.2, -0.15) is 5.10 Å². The van der Waals surface area contributed by atoms with E-state index in [4.69, 9.17) is 9.84 Å². The summed E-state index contributed by atoms with van der Waals surface area (Å²) in [6.07, 6.45) is 12.0. The van der Waals surface area contributed by atoms with Crippen LogP contribution in [0.2, 0.25) is 0 Å². The summed E-state index contributed by atoms with van der Waals surface area (Å²) in [5.41, 5.74) is 4.19. The van der Waals surface area contributed by atoms with E-state index in [1.165, 1.54) is 24.8 Å². The van der Waals surface area contributed by atoms with Gasteiger partial charge in [-0.25, -0.2) is 14.6 Å². The predicted octanol–water partition coefficient (Wildman–Crippen LogP) is 3.52. The van der Waals surface area contributed by atoms with Gasteiger partial charge < -0.3 is 4.74 Å². The van der Waals surface area contributed by atoms with Crippen molar-refractivity contribution < 1.29 is 4.74 Å². The highest BCUT2D eigenvalue weighted by molar-refractivity contribution is 5.87. The predicted molar refractivity (Wildman–Crippen MR) is 127 cm³/mol. The van der Waals surface area contributed by atoms with Crippen LogP contribution in [0.5, 0.6) is 0 Å². The van der Waals surface area contributed by atoms with Crippen LogP contribution in [-0.2, 0) is 10.2 Å². The van der Waals surface area contributed by atoms with E-state index in [0.717, 1.165) is 61.6 Å². The first-order valence-electron chi connectivity index (χ1n) is 12.3. The Morgan fingerprint density at radius 2 is 1.97 bits per heavy atom. The van der Waals surface area contributed by atoms with Crippen molar-refractivity contribution in [1.29, 1.82) is 0 Å². The molecule has 1 aromatic carbocycles. The molecule has 0 unspecified atom stereocenters. The van der Waals surface area contributed by atoms with Gasteiger partial charge in [-0.05, 0) is 62.2 Å². The molecular weight excluding hydrogens is 412 g/mol. The highest BCUT2D eigenvalue weighted by Crippen LogP contribution is 2.78. The standard InChI is InChI=1S/C26H30N6O/c1-27-16-26(15-25(26)6-7-25)20-3-2-19-12-30-32(23(19)10-20)24-11-22(28-17-29-24)18-4-8-31(9-5-18)21-13-33-14-21/h2-3,10-12,16-18,21H,4-9,13-15H2,1H3/b27-16-/t26-/m1/s1. The average Bonchev–Trinajstić information content (AvgIpc) is 3.67. The summed E-state index contributed by atoms with van der Waals surface area (Å²) < 4.78 is 7.36. The number of nitrogens with zero attached hydrogens (tertiary/aromatic N) is 6. The molecule has 7 nitrogen and oxygen atoms in total. The normalized spacial score (nSPS) is 27.4. The van der Waals surface area contributed by atoms with Gasteiger partial charge in [0, 0.05) is 41.7 Å². The van der Waals surface area contributed by atoms with Crippen LogP contribution in [-0.4, -0.2) is 70.3 Å². The minimum atomic E-state index is 0.112. The van der Waals surface area contributed by atoms with Crippen molar-refractivity contribution in [2.24, 2.45) is 10.4 Å². The Balaban J connectivity index is 1.19. The van der Waals surface area contributed by atoms with Crippen molar-refractivity contribution >= 4 is 17.1 Å². The number of aromatic nitrogens is 4. The van der Waals surface area contributed by atoms with Crippen LogP contribution in [0.25, 0.3) is 16.7 Å². The number of hydrogen-bond donors (Lipinski definition) is 0. The van der Waals surface area contributed by atoms with Crippen LogP contribution in [0.15, 0.2) is 41.8 Å². The molecule has 4 aliphatic rings. The lowest BCUT2D eigenvalue weighted by atomic mass is 9.92. The molecule has 0 amide bonds. The first kappa shape index (κ1) is 19.8. The molecule has 2 aliphatic heterocycles. The number of aliphatic imine (C=N–C) groups is 1. The topological polar surface area (TPSA) is 68.4 Å². The van der Waals surface area contributed by atoms with Crippen molar-refractivity contribution in [2.45, 2.75) is 49.5 Å². The van der Waals surface area contributed by atoms with Crippen LogP contribution < -0.4 is 0 Å². The summed E-state index contributed by atoms with van der Waals surface area (Å²) >= 11 is 0. The molecule has 2 saturated heterocycles. The second kappa shape index (κ2) is 7.18. The van der Waals surface area contributed by atoms with E-state index < -0.39 is 0 Å². The third-order valence-corrected chi connectivity index (χ3v) is 8.70. The zero-order valence-electron chi connectivity index (χ0n) is 19.2. The van der Waals surface area contributed by atoms with E-state index in [0.29, 0.717) is 17.4 Å². The fourth-order valence-electron chi connectivity index (χ4n) is 6.32. The summed E-state index contributed by atoms with van der Waals surface area (Å²) in [6, 6.07) is 9.57. The SMILES string of the molecule is C/N=C\[C@@]1(c2ccc3cnn(-c4cc(C5CCN(C6COC6)CC5)ncn4)c3c2)CC12CC2. The summed E-state index contributed by atoms with van der Waals surface area (Å²) in [5, 5.41) is 5.86. The van der Waals surface area contributed by atoms with Gasteiger partial charge in [0.1, 0.15) is 6.33 Å². The van der Waals surface area contributed by atoms with Crippen molar-refractivity contribution in [1.82, 2.24) is 24.6 Å². The maximum atomic E-state index is 5.37. The highest BCUT2D eigenvalue weighted by atomic mass is 16.5. The van der Waals surface area contributed by atoms with Crippen LogP contribution >= 0.6 is 0 Å². The lowest BCUT2D eigenvalue weighted by Gasteiger charge is -2.41. The van der Waals surface area contributed by atoms with Crippen LogP contribution in [0.3, 0.4) is 0 Å². The maximum Gasteiger partial charge on any atom is 0.157 e. The molecule has 1 atom stereocenters. The van der Waals surface area contributed by atoms with Crippen molar-refractivity contribution in [3.8, 4) is 5.82 Å². The molecule has 33 heavy (non-hydrogen) atoms. The third-order valence-electron chi connectivity index (χ3n) is 8.70. The summed E-state index contributed by atoms with van der Waals surface area (Å²) in [6.45, 7) is 4.02. The number of piperidine rings is 1. The molecule has 3 aromatic rings. The van der Waals surface area contributed by atoms with Crippen molar-refractivity contribution in [3.63, 3.8) is 0 Å². The zero-order valence-corrected chi connectivity index (χ0v) is 19.2. The smallest absolute Gasteiger partial charge is 0.157 e. The number of benzene rings is 1. The Morgan fingerprint density at radius 1 is 1.12 bits per heavy atom. The first-order valence-corrected chi connectivity index (χ1v) is 12.3. The van der Waals surface area contributed by atoms with E-state index >= 15 is 0 Å². The maximum absolute atomic E-state index is 5.37. The van der Waals surface area contributed by atoms with Crippen molar-refractivity contribution in [2.75, 3.05) is 33.4 Å². The molecule has 4 fully saturated rings. The third kappa shape index (κ3) is 3.02. The van der Waals surface area contributed by atoms with E-state index in [2.05, 4.69) is 50.3 Å². The number of likely N-dealkylation sites (tertiary alicyclic amines) is 1. The van der Waals surface area contributed by atoms with Gasteiger partial charge in [0.15, 0.2) is 5.82 Å². The molecule has 2 aliphatic carbocycles. The molecule has 0 bridgehead atoms. The molecule has 0 N–H and O–H groups in total. The average molecular weight is 443 g/mol. The van der Waals surface area contributed by atoms with Gasteiger partial charge in [-0.3, -0.25) is 9.89 Å². The molecule has 0 radical (unpaired) electrons. The number of rotatable bonds is 5. The highest BCUT2D eigenvalue weighted by Gasteiger charge is 2.73. The Kier molecular flexibility index (Phi) is 4.31. The molecule has 1 spiro atoms. The largest absolute Gasteiger partial charge is 0.378 e. The van der Waals surface area contributed by atoms with Crippen LogP contribution in [0.4, 0.5) is 0 Å². The Bertz CT molecular complexity index is 1230. The van der Waals surface area contributed by atoms with Gasteiger partial charge in [0.25, 0.3) is 0 Å². The molecule has 170 valence electrons. The Morgan fingerprint density at radius 3 is 2.67 bits per heavy atom. The zero-order chi connectivity index (χ0) is 22.0. The fourth-order valence-corrected chi connectivity index (χ4v) is 6.32. The van der Waals surface area contributed by atoms with E-state index in [-0.39, 0.29) is 5.41 Å². The quantitative estimate of drug-likeness (QED) is 0.566. The van der Waals surface area contributed by atoms with E-state index in [9.17, 15) is 0 Å². The Hall–Kier alpha value is -2.64. The first-order chi connectivity index (χ1) is 16.2. The summed E-state index contributed by atoms with van der Waals surface area (Å²) in [5.74, 6) is 1.34. The van der Waals surface area contributed by atoms with Gasteiger partial charge in [0.2, 0.25) is 0 Å². The fraction of sp³-hybridized carbons (Fsp3) is 0.538. The second-order valence-corrected chi connectivity index (χ2v) is 10.4. The monoisotopic (exact) mass is 442 g/mol.